The van der Waals surface area contributed by atoms with Gasteiger partial charge in [0.25, 0.3) is 5.56 Å². The van der Waals surface area contributed by atoms with Crippen LogP contribution in [0.5, 0.6) is 5.88 Å². The number of pyridine rings is 2. The Bertz CT molecular complexity index is 1120. The summed E-state index contributed by atoms with van der Waals surface area (Å²) in [5, 5.41) is 3.39. The van der Waals surface area contributed by atoms with Crippen molar-refractivity contribution in [3.63, 3.8) is 0 Å². The van der Waals surface area contributed by atoms with Crippen molar-refractivity contribution in [2.45, 2.75) is 38.8 Å². The molecule has 1 fully saturated rings. The van der Waals surface area contributed by atoms with E-state index in [2.05, 4.69) is 39.1 Å². The van der Waals surface area contributed by atoms with Crippen molar-refractivity contribution >= 4 is 17.0 Å². The molecule has 1 saturated heterocycles. The zero-order valence-corrected chi connectivity index (χ0v) is 19.6. The molecule has 9 heteroatoms. The van der Waals surface area contributed by atoms with Crippen LogP contribution in [-0.4, -0.2) is 70.9 Å². The molecule has 0 atom stereocenters. The molecule has 4 rings (SSSR count). The first kappa shape index (κ1) is 23.1. The van der Waals surface area contributed by atoms with E-state index in [1.807, 2.05) is 12.1 Å². The quantitative estimate of drug-likeness (QED) is 0.496. The van der Waals surface area contributed by atoms with Crippen LogP contribution in [0.15, 0.2) is 35.4 Å². The van der Waals surface area contributed by atoms with Crippen LogP contribution in [-0.2, 0) is 11.3 Å². The number of hydrogen-bond acceptors (Lipinski definition) is 8. The predicted octanol–water partition coefficient (Wildman–Crippen LogP) is 2.79. The minimum Gasteiger partial charge on any atom is -0.481 e. The highest BCUT2D eigenvalue weighted by Gasteiger charge is 2.20. The number of likely N-dealkylation sites (tertiary alicyclic amines) is 1. The zero-order valence-electron chi connectivity index (χ0n) is 19.6. The summed E-state index contributed by atoms with van der Waals surface area (Å²) in [5.41, 5.74) is 2.82. The van der Waals surface area contributed by atoms with Gasteiger partial charge in [-0.05, 0) is 51.5 Å². The number of nitrogens with zero attached hydrogens (tertiary/aromatic N) is 5. The van der Waals surface area contributed by atoms with Gasteiger partial charge in [-0.25, -0.2) is 15.0 Å². The summed E-state index contributed by atoms with van der Waals surface area (Å²) < 4.78 is 12.6. The molecule has 3 aromatic rings. The van der Waals surface area contributed by atoms with E-state index in [0.717, 1.165) is 43.5 Å². The Morgan fingerprint density at radius 3 is 2.61 bits per heavy atom. The van der Waals surface area contributed by atoms with Crippen molar-refractivity contribution in [1.29, 1.82) is 0 Å². The summed E-state index contributed by atoms with van der Waals surface area (Å²) in [6.07, 6.45) is 6.39. The standard InChI is InChI=1S/C24H32N6O3/c1-4-12-33-13-11-30-20-14-18(17-5-6-21(32-3)25-15-17)16-26-22(20)28-23(24(30)31)27-19-7-9-29(2)10-8-19/h5-6,14-16,19H,4,7-13H2,1-3H3,(H,26,27,28). The van der Waals surface area contributed by atoms with E-state index in [0.29, 0.717) is 42.6 Å². The topological polar surface area (TPSA) is 94.4 Å². The molecule has 1 N–H and O–H groups in total. The van der Waals surface area contributed by atoms with E-state index in [1.165, 1.54) is 0 Å². The molecule has 0 radical (unpaired) electrons. The lowest BCUT2D eigenvalue weighted by atomic mass is 10.1. The maximum absolute atomic E-state index is 13.4. The van der Waals surface area contributed by atoms with E-state index in [4.69, 9.17) is 9.47 Å². The first-order valence-electron chi connectivity index (χ1n) is 11.5. The minimum absolute atomic E-state index is 0.145. The second-order valence-corrected chi connectivity index (χ2v) is 8.41. The Morgan fingerprint density at radius 1 is 1.12 bits per heavy atom. The van der Waals surface area contributed by atoms with Crippen LogP contribution in [0, 0.1) is 0 Å². The number of hydrogen-bond donors (Lipinski definition) is 1. The smallest absolute Gasteiger partial charge is 0.293 e. The third kappa shape index (κ3) is 5.48. The molecule has 3 aromatic heterocycles. The first-order chi connectivity index (χ1) is 16.1. The van der Waals surface area contributed by atoms with Gasteiger partial charge in [0.2, 0.25) is 5.88 Å². The highest BCUT2D eigenvalue weighted by atomic mass is 16.5. The van der Waals surface area contributed by atoms with Crippen LogP contribution in [0.1, 0.15) is 26.2 Å². The number of nitrogens with one attached hydrogen (secondary N) is 1. The molecule has 0 amide bonds. The average Bonchev–Trinajstić information content (AvgIpc) is 2.85. The number of methoxy groups -OCH3 is 1. The second kappa shape index (κ2) is 10.7. The maximum atomic E-state index is 13.4. The Balaban J connectivity index is 1.69. The maximum Gasteiger partial charge on any atom is 0.293 e. The lowest BCUT2D eigenvalue weighted by molar-refractivity contribution is 0.127. The van der Waals surface area contributed by atoms with Gasteiger partial charge in [0.1, 0.15) is 0 Å². The fourth-order valence-corrected chi connectivity index (χ4v) is 4.02. The lowest BCUT2D eigenvalue weighted by Crippen LogP contribution is -2.39. The number of anilines is 1. The molecule has 0 saturated carbocycles. The van der Waals surface area contributed by atoms with Gasteiger partial charge in [-0.15, -0.1) is 0 Å². The number of piperidine rings is 1. The van der Waals surface area contributed by atoms with Gasteiger partial charge in [-0.1, -0.05) is 6.92 Å². The minimum atomic E-state index is -0.145. The van der Waals surface area contributed by atoms with Gasteiger partial charge in [-0.2, -0.15) is 0 Å². The molecule has 1 aliphatic rings. The van der Waals surface area contributed by atoms with E-state index in [1.54, 1.807) is 30.1 Å². The second-order valence-electron chi connectivity index (χ2n) is 8.41. The number of rotatable bonds is 9. The van der Waals surface area contributed by atoms with Crippen molar-refractivity contribution < 1.29 is 9.47 Å². The summed E-state index contributed by atoms with van der Waals surface area (Å²) in [4.78, 5) is 29.2. The highest BCUT2D eigenvalue weighted by Crippen LogP contribution is 2.23. The summed E-state index contributed by atoms with van der Waals surface area (Å²) in [6.45, 7) is 5.63. The molecule has 0 aromatic carbocycles. The van der Waals surface area contributed by atoms with Gasteiger partial charge in [-0.3, -0.25) is 9.36 Å². The molecule has 4 heterocycles. The molecular formula is C24H32N6O3. The molecule has 0 bridgehead atoms. The molecular weight excluding hydrogens is 420 g/mol. The molecule has 9 nitrogen and oxygen atoms in total. The number of aromatic nitrogens is 4. The van der Waals surface area contributed by atoms with Crippen LogP contribution in [0.3, 0.4) is 0 Å². The molecule has 0 aliphatic carbocycles. The molecule has 176 valence electrons. The third-order valence-corrected chi connectivity index (χ3v) is 5.95. The van der Waals surface area contributed by atoms with Gasteiger partial charge in [0.05, 0.1) is 19.2 Å². The van der Waals surface area contributed by atoms with Gasteiger partial charge in [0.15, 0.2) is 11.5 Å². The SMILES string of the molecule is CCCOCCn1c(=O)c(NC2CCN(C)CC2)nc2ncc(-c3ccc(OC)nc3)cc21. The summed E-state index contributed by atoms with van der Waals surface area (Å²) >= 11 is 0. The van der Waals surface area contributed by atoms with Crippen LogP contribution in [0.25, 0.3) is 22.3 Å². The Labute approximate surface area is 193 Å². The van der Waals surface area contributed by atoms with Crippen molar-refractivity contribution in [2.24, 2.45) is 0 Å². The molecule has 0 unspecified atom stereocenters. The Hall–Kier alpha value is -3.04. The van der Waals surface area contributed by atoms with E-state index < -0.39 is 0 Å². The van der Waals surface area contributed by atoms with Gasteiger partial charge in [0, 0.05) is 48.8 Å². The van der Waals surface area contributed by atoms with Crippen LogP contribution < -0.4 is 15.6 Å². The van der Waals surface area contributed by atoms with E-state index >= 15 is 0 Å². The summed E-state index contributed by atoms with van der Waals surface area (Å²) in [7, 11) is 3.70. The van der Waals surface area contributed by atoms with Crippen molar-refractivity contribution in [2.75, 3.05) is 45.8 Å². The van der Waals surface area contributed by atoms with E-state index in [9.17, 15) is 4.79 Å². The lowest BCUT2D eigenvalue weighted by Gasteiger charge is -2.29. The predicted molar refractivity (Wildman–Crippen MR) is 129 cm³/mol. The normalized spacial score (nSPS) is 15.1. The largest absolute Gasteiger partial charge is 0.481 e. The van der Waals surface area contributed by atoms with Crippen molar-refractivity contribution in [3.8, 4) is 17.0 Å². The van der Waals surface area contributed by atoms with Crippen LogP contribution in [0.4, 0.5) is 5.82 Å². The number of ether oxygens (including phenoxy) is 2. The fraction of sp³-hybridized carbons (Fsp3) is 0.500. The molecule has 33 heavy (non-hydrogen) atoms. The molecule has 0 spiro atoms. The van der Waals surface area contributed by atoms with Crippen molar-refractivity contribution in [1.82, 2.24) is 24.4 Å². The fourth-order valence-electron chi connectivity index (χ4n) is 4.02. The number of fused-ring (bicyclic) bond motifs is 1. The average molecular weight is 453 g/mol. The van der Waals surface area contributed by atoms with Crippen molar-refractivity contribution in [3.05, 3.63) is 40.9 Å². The zero-order chi connectivity index (χ0) is 23.2. The van der Waals surface area contributed by atoms with Gasteiger partial charge < -0.3 is 19.7 Å². The molecule has 1 aliphatic heterocycles. The summed E-state index contributed by atoms with van der Waals surface area (Å²) in [5.74, 6) is 0.905. The van der Waals surface area contributed by atoms with Crippen LogP contribution in [0.2, 0.25) is 0 Å². The van der Waals surface area contributed by atoms with Crippen LogP contribution >= 0.6 is 0 Å². The third-order valence-electron chi connectivity index (χ3n) is 5.95. The first-order valence-corrected chi connectivity index (χ1v) is 11.5. The highest BCUT2D eigenvalue weighted by molar-refractivity contribution is 5.78. The Kier molecular flexibility index (Phi) is 7.51. The monoisotopic (exact) mass is 452 g/mol. The van der Waals surface area contributed by atoms with Gasteiger partial charge >= 0.3 is 0 Å². The Morgan fingerprint density at radius 2 is 1.91 bits per heavy atom. The van der Waals surface area contributed by atoms with E-state index in [-0.39, 0.29) is 11.6 Å². The summed E-state index contributed by atoms with van der Waals surface area (Å²) in [6, 6.07) is 5.90.